The standard InChI is InChI=1S/C12H18N4O4S/c1-7(2)9-10(16(19)20)11(14(3)13-9)15-4-5-21-6-8(15)12(17)18/h7-8H,4-6H2,1-3H3,(H,17,18). The lowest BCUT2D eigenvalue weighted by Crippen LogP contribution is -2.48. The summed E-state index contributed by atoms with van der Waals surface area (Å²) in [5.41, 5.74) is 0.311. The topological polar surface area (TPSA) is 102 Å². The Morgan fingerprint density at radius 1 is 1.57 bits per heavy atom. The van der Waals surface area contributed by atoms with Crippen LogP contribution in [0.2, 0.25) is 0 Å². The molecule has 1 aliphatic rings. The van der Waals surface area contributed by atoms with Crippen molar-refractivity contribution in [2.75, 3.05) is 23.0 Å². The third-order valence-corrected chi connectivity index (χ3v) is 4.46. The lowest BCUT2D eigenvalue weighted by Gasteiger charge is -2.33. The van der Waals surface area contributed by atoms with Crippen LogP contribution in [0, 0.1) is 10.1 Å². The van der Waals surface area contributed by atoms with Crippen LogP contribution in [0.1, 0.15) is 25.5 Å². The minimum Gasteiger partial charge on any atom is -0.480 e. The molecule has 0 amide bonds. The zero-order chi connectivity index (χ0) is 15.7. The molecule has 21 heavy (non-hydrogen) atoms. The van der Waals surface area contributed by atoms with Crippen LogP contribution in [-0.4, -0.2) is 49.9 Å². The highest BCUT2D eigenvalue weighted by molar-refractivity contribution is 7.99. The molecule has 1 atom stereocenters. The van der Waals surface area contributed by atoms with Gasteiger partial charge in [0.15, 0.2) is 0 Å². The van der Waals surface area contributed by atoms with Gasteiger partial charge in [0, 0.05) is 31.0 Å². The number of aromatic nitrogens is 2. The molecular weight excluding hydrogens is 296 g/mol. The van der Waals surface area contributed by atoms with Crippen molar-refractivity contribution in [3.63, 3.8) is 0 Å². The minimum absolute atomic E-state index is 0.0781. The van der Waals surface area contributed by atoms with Gasteiger partial charge in [0.1, 0.15) is 11.7 Å². The number of carboxylic acid groups (broad SMARTS) is 1. The largest absolute Gasteiger partial charge is 0.480 e. The number of nitro groups is 1. The third-order valence-electron chi connectivity index (χ3n) is 3.43. The monoisotopic (exact) mass is 314 g/mol. The van der Waals surface area contributed by atoms with Gasteiger partial charge in [-0.2, -0.15) is 16.9 Å². The molecule has 0 saturated carbocycles. The first-order valence-electron chi connectivity index (χ1n) is 6.63. The Balaban J connectivity index is 2.56. The summed E-state index contributed by atoms with van der Waals surface area (Å²) in [6, 6.07) is -0.766. The Hall–Kier alpha value is -1.77. The van der Waals surface area contributed by atoms with Crippen LogP contribution in [0.3, 0.4) is 0 Å². The van der Waals surface area contributed by atoms with Crippen molar-refractivity contribution in [3.8, 4) is 0 Å². The molecule has 1 unspecified atom stereocenters. The molecule has 0 spiro atoms. The summed E-state index contributed by atoms with van der Waals surface area (Å²) in [6.07, 6.45) is 0. The van der Waals surface area contributed by atoms with E-state index in [2.05, 4.69) is 5.10 Å². The van der Waals surface area contributed by atoms with Gasteiger partial charge in [0.25, 0.3) is 0 Å². The highest BCUT2D eigenvalue weighted by Gasteiger charge is 2.38. The fraction of sp³-hybridized carbons (Fsp3) is 0.667. The second kappa shape index (κ2) is 5.92. The average molecular weight is 314 g/mol. The second-order valence-electron chi connectivity index (χ2n) is 5.22. The maximum absolute atomic E-state index is 11.5. The van der Waals surface area contributed by atoms with Crippen LogP contribution < -0.4 is 4.90 Å². The maximum atomic E-state index is 11.5. The molecule has 1 N–H and O–H groups in total. The number of aryl methyl sites for hydroxylation is 1. The van der Waals surface area contributed by atoms with Gasteiger partial charge in [-0.05, 0) is 0 Å². The van der Waals surface area contributed by atoms with Gasteiger partial charge in [-0.15, -0.1) is 0 Å². The molecule has 1 fully saturated rings. The molecule has 8 nitrogen and oxygen atoms in total. The Bertz CT molecular complexity index is 572. The number of rotatable bonds is 4. The maximum Gasteiger partial charge on any atom is 0.334 e. The first-order valence-corrected chi connectivity index (χ1v) is 7.78. The molecule has 1 aromatic heterocycles. The number of hydrogen-bond acceptors (Lipinski definition) is 6. The van der Waals surface area contributed by atoms with Crippen molar-refractivity contribution >= 4 is 29.2 Å². The predicted octanol–water partition coefficient (Wildman–Crippen LogP) is 1.46. The van der Waals surface area contributed by atoms with Crippen molar-refractivity contribution < 1.29 is 14.8 Å². The van der Waals surface area contributed by atoms with E-state index in [-0.39, 0.29) is 17.4 Å². The van der Waals surface area contributed by atoms with Crippen LogP contribution in [-0.2, 0) is 11.8 Å². The van der Waals surface area contributed by atoms with Gasteiger partial charge < -0.3 is 10.0 Å². The number of aliphatic carboxylic acids is 1. The van der Waals surface area contributed by atoms with E-state index in [0.29, 0.717) is 18.0 Å². The van der Waals surface area contributed by atoms with Crippen LogP contribution in [0.25, 0.3) is 0 Å². The number of carboxylic acids is 1. The predicted molar refractivity (Wildman–Crippen MR) is 80.0 cm³/mol. The van der Waals surface area contributed by atoms with E-state index in [4.69, 9.17) is 0 Å². The fourth-order valence-electron chi connectivity index (χ4n) is 2.47. The van der Waals surface area contributed by atoms with Crippen molar-refractivity contribution in [1.82, 2.24) is 9.78 Å². The lowest BCUT2D eigenvalue weighted by molar-refractivity contribution is -0.385. The summed E-state index contributed by atoms with van der Waals surface area (Å²) in [5, 5.41) is 25.0. The van der Waals surface area contributed by atoms with Gasteiger partial charge in [0.05, 0.1) is 4.92 Å². The van der Waals surface area contributed by atoms with Gasteiger partial charge in [-0.1, -0.05) is 13.8 Å². The van der Waals surface area contributed by atoms with Crippen molar-refractivity contribution in [1.29, 1.82) is 0 Å². The number of thioether (sulfide) groups is 1. The average Bonchev–Trinajstić information content (AvgIpc) is 2.76. The number of nitrogens with zero attached hydrogens (tertiary/aromatic N) is 4. The summed E-state index contributed by atoms with van der Waals surface area (Å²) in [4.78, 5) is 24.0. The smallest absolute Gasteiger partial charge is 0.334 e. The summed E-state index contributed by atoms with van der Waals surface area (Å²) >= 11 is 1.54. The van der Waals surface area contributed by atoms with E-state index in [1.807, 2.05) is 13.8 Å². The molecule has 116 valence electrons. The van der Waals surface area contributed by atoms with Crippen LogP contribution in [0.15, 0.2) is 0 Å². The normalized spacial score (nSPS) is 19.0. The summed E-state index contributed by atoms with van der Waals surface area (Å²) in [7, 11) is 1.62. The lowest BCUT2D eigenvalue weighted by atomic mass is 10.1. The minimum atomic E-state index is -0.969. The summed E-state index contributed by atoms with van der Waals surface area (Å²) in [5.74, 6) is 0.366. The zero-order valence-corrected chi connectivity index (χ0v) is 13.0. The van der Waals surface area contributed by atoms with E-state index in [1.54, 1.807) is 23.7 Å². The molecule has 0 aliphatic carbocycles. The van der Waals surface area contributed by atoms with Crippen LogP contribution in [0.5, 0.6) is 0 Å². The molecule has 1 aromatic rings. The number of carbonyl (C=O) groups is 1. The van der Waals surface area contributed by atoms with Crippen LogP contribution >= 0.6 is 11.8 Å². The quantitative estimate of drug-likeness (QED) is 0.663. The fourth-order valence-corrected chi connectivity index (χ4v) is 3.51. The van der Waals surface area contributed by atoms with E-state index in [9.17, 15) is 20.0 Å². The molecule has 1 aliphatic heterocycles. The van der Waals surface area contributed by atoms with Crippen LogP contribution in [0.4, 0.5) is 11.5 Å². The molecule has 0 aromatic carbocycles. The summed E-state index contributed by atoms with van der Waals surface area (Å²) < 4.78 is 1.43. The first-order chi connectivity index (χ1) is 9.84. The van der Waals surface area contributed by atoms with Gasteiger partial charge in [0.2, 0.25) is 5.82 Å². The SMILES string of the molecule is CC(C)c1nn(C)c(N2CCSCC2C(=O)O)c1[N+](=O)[O-]. The number of anilines is 1. The second-order valence-corrected chi connectivity index (χ2v) is 6.37. The number of hydrogen-bond donors (Lipinski definition) is 1. The van der Waals surface area contributed by atoms with Gasteiger partial charge in [-0.3, -0.25) is 10.1 Å². The first kappa shape index (κ1) is 15.6. The van der Waals surface area contributed by atoms with Crippen molar-refractivity contribution in [3.05, 3.63) is 15.8 Å². The molecular formula is C12H18N4O4S. The van der Waals surface area contributed by atoms with E-state index in [0.717, 1.165) is 5.75 Å². The van der Waals surface area contributed by atoms with E-state index >= 15 is 0 Å². The summed E-state index contributed by atoms with van der Waals surface area (Å²) in [6.45, 7) is 4.12. The highest BCUT2D eigenvalue weighted by Crippen LogP contribution is 2.37. The van der Waals surface area contributed by atoms with E-state index < -0.39 is 16.9 Å². The molecule has 0 radical (unpaired) electrons. The molecule has 2 rings (SSSR count). The zero-order valence-electron chi connectivity index (χ0n) is 12.1. The molecule has 2 heterocycles. The molecule has 1 saturated heterocycles. The molecule has 9 heteroatoms. The Morgan fingerprint density at radius 2 is 2.24 bits per heavy atom. The third kappa shape index (κ3) is 2.82. The Labute approximate surface area is 126 Å². The van der Waals surface area contributed by atoms with Gasteiger partial charge in [-0.25, -0.2) is 9.48 Å². The Kier molecular flexibility index (Phi) is 4.40. The van der Waals surface area contributed by atoms with Crippen molar-refractivity contribution in [2.45, 2.75) is 25.8 Å². The van der Waals surface area contributed by atoms with E-state index in [1.165, 1.54) is 4.68 Å². The molecule has 0 bridgehead atoms. The van der Waals surface area contributed by atoms with Gasteiger partial charge >= 0.3 is 11.7 Å². The Morgan fingerprint density at radius 3 is 2.76 bits per heavy atom. The highest BCUT2D eigenvalue weighted by atomic mass is 32.2. The van der Waals surface area contributed by atoms with Crippen molar-refractivity contribution in [2.24, 2.45) is 7.05 Å².